The summed E-state index contributed by atoms with van der Waals surface area (Å²) >= 11 is 0. The lowest BCUT2D eigenvalue weighted by Gasteiger charge is -2.09. The Morgan fingerprint density at radius 3 is 2.06 bits per heavy atom. The van der Waals surface area contributed by atoms with Gasteiger partial charge < -0.3 is 10.1 Å². The highest BCUT2D eigenvalue weighted by Gasteiger charge is 2.14. The lowest BCUT2D eigenvalue weighted by molar-refractivity contribution is -0.116. The van der Waals surface area contributed by atoms with Gasteiger partial charge >= 0.3 is 5.97 Å². The van der Waals surface area contributed by atoms with Crippen molar-refractivity contribution in [3.05, 3.63) is 89.5 Å². The number of nitrogens with one attached hydrogen (secondary N) is 2. The van der Waals surface area contributed by atoms with Crippen molar-refractivity contribution in [3.63, 3.8) is 0 Å². The van der Waals surface area contributed by atoms with E-state index in [4.69, 9.17) is 4.74 Å². The van der Waals surface area contributed by atoms with Crippen molar-refractivity contribution in [2.75, 3.05) is 16.6 Å². The normalized spacial score (nSPS) is 11.0. The molecule has 0 saturated carbocycles. The summed E-state index contributed by atoms with van der Waals surface area (Å²) in [5, 5.41) is 2.78. The van der Waals surface area contributed by atoms with Crippen molar-refractivity contribution in [2.24, 2.45) is 0 Å². The second-order valence-corrected chi connectivity index (χ2v) is 9.14. The molecule has 2 N–H and O–H groups in total. The molecule has 0 spiro atoms. The maximum atomic E-state index is 12.6. The monoisotopic (exact) mass is 466 g/mol. The van der Waals surface area contributed by atoms with E-state index in [-0.39, 0.29) is 17.2 Å². The van der Waals surface area contributed by atoms with E-state index in [1.807, 2.05) is 19.1 Å². The summed E-state index contributed by atoms with van der Waals surface area (Å²) in [6, 6.07) is 20.0. The summed E-state index contributed by atoms with van der Waals surface area (Å²) in [7, 11) is -3.69. The molecule has 0 unspecified atom stereocenters. The number of esters is 1. The Bertz CT molecular complexity index is 1200. The molecule has 3 aromatic carbocycles. The summed E-state index contributed by atoms with van der Waals surface area (Å²) < 4.78 is 32.6. The number of sulfonamides is 1. The van der Waals surface area contributed by atoms with E-state index >= 15 is 0 Å². The first-order valence-corrected chi connectivity index (χ1v) is 12.0. The van der Waals surface area contributed by atoms with Gasteiger partial charge in [0.25, 0.3) is 10.0 Å². The second kappa shape index (κ2) is 10.8. The Labute approximate surface area is 193 Å². The number of rotatable bonds is 9. The quantitative estimate of drug-likeness (QED) is 0.451. The largest absolute Gasteiger partial charge is 0.462 e. The van der Waals surface area contributed by atoms with Crippen molar-refractivity contribution in [2.45, 2.75) is 31.6 Å². The lowest BCUT2D eigenvalue weighted by atomic mass is 10.1. The van der Waals surface area contributed by atoms with Crippen LogP contribution in [0.25, 0.3) is 0 Å². The summed E-state index contributed by atoms with van der Waals surface area (Å²) in [5.74, 6) is -0.591. The summed E-state index contributed by atoms with van der Waals surface area (Å²) in [5.41, 5.74) is 3.38. The van der Waals surface area contributed by atoms with Gasteiger partial charge in [-0.25, -0.2) is 13.2 Å². The van der Waals surface area contributed by atoms with Gasteiger partial charge in [0.2, 0.25) is 5.91 Å². The maximum absolute atomic E-state index is 12.6. The third-order valence-electron chi connectivity index (χ3n) is 4.86. The minimum atomic E-state index is -3.69. The lowest BCUT2D eigenvalue weighted by Crippen LogP contribution is -2.14. The van der Waals surface area contributed by atoms with Gasteiger partial charge in [-0.05, 0) is 74.4 Å². The molecule has 0 aliphatic heterocycles. The minimum absolute atomic E-state index is 0.151. The Kier molecular flexibility index (Phi) is 7.84. The molecule has 7 nitrogen and oxygen atoms in total. The molecule has 0 aliphatic carbocycles. The van der Waals surface area contributed by atoms with Crippen LogP contribution < -0.4 is 10.0 Å². The zero-order valence-electron chi connectivity index (χ0n) is 18.5. The molecular formula is C25H26N2O5S. The second-order valence-electron chi connectivity index (χ2n) is 7.46. The minimum Gasteiger partial charge on any atom is -0.462 e. The van der Waals surface area contributed by atoms with E-state index < -0.39 is 16.0 Å². The number of aryl methyl sites for hydroxylation is 2. The van der Waals surface area contributed by atoms with Crippen LogP contribution >= 0.6 is 0 Å². The molecule has 172 valence electrons. The van der Waals surface area contributed by atoms with Gasteiger partial charge in [0, 0.05) is 17.8 Å². The van der Waals surface area contributed by atoms with Crippen LogP contribution in [0, 0.1) is 6.92 Å². The first kappa shape index (κ1) is 24.0. The number of carbonyl (C=O) groups is 2. The van der Waals surface area contributed by atoms with Crippen LogP contribution in [0.1, 0.15) is 34.8 Å². The van der Waals surface area contributed by atoms with E-state index in [1.165, 1.54) is 12.1 Å². The number of ether oxygens (including phenoxy) is 1. The van der Waals surface area contributed by atoms with Gasteiger partial charge in [-0.1, -0.05) is 29.8 Å². The van der Waals surface area contributed by atoms with Gasteiger partial charge in [0.1, 0.15) is 0 Å². The van der Waals surface area contributed by atoms with Crippen molar-refractivity contribution >= 4 is 33.3 Å². The molecule has 0 saturated heterocycles. The van der Waals surface area contributed by atoms with Crippen molar-refractivity contribution in [3.8, 4) is 0 Å². The first-order chi connectivity index (χ1) is 15.8. The maximum Gasteiger partial charge on any atom is 0.338 e. The van der Waals surface area contributed by atoms with Crippen molar-refractivity contribution in [1.82, 2.24) is 0 Å². The predicted molar refractivity (Wildman–Crippen MR) is 128 cm³/mol. The predicted octanol–water partition coefficient (Wildman–Crippen LogP) is 4.54. The molecule has 0 bridgehead atoms. The molecular weight excluding hydrogens is 440 g/mol. The van der Waals surface area contributed by atoms with Gasteiger partial charge in [-0.2, -0.15) is 0 Å². The van der Waals surface area contributed by atoms with Crippen molar-refractivity contribution in [1.29, 1.82) is 0 Å². The Morgan fingerprint density at radius 1 is 0.848 bits per heavy atom. The highest BCUT2D eigenvalue weighted by molar-refractivity contribution is 7.92. The van der Waals surface area contributed by atoms with Crippen molar-refractivity contribution < 1.29 is 22.7 Å². The average molecular weight is 467 g/mol. The molecule has 3 rings (SSSR count). The molecule has 0 heterocycles. The third-order valence-corrected chi connectivity index (χ3v) is 6.26. The van der Waals surface area contributed by atoms with E-state index in [1.54, 1.807) is 55.5 Å². The fourth-order valence-corrected chi connectivity index (χ4v) is 4.12. The number of carbonyl (C=O) groups excluding carboxylic acids is 2. The number of hydrogen-bond acceptors (Lipinski definition) is 5. The van der Waals surface area contributed by atoms with E-state index in [0.29, 0.717) is 30.0 Å². The van der Waals surface area contributed by atoms with Gasteiger partial charge in [-0.15, -0.1) is 0 Å². The number of amides is 1. The fraction of sp³-hybridized carbons (Fsp3) is 0.200. The van der Waals surface area contributed by atoms with Crippen LogP contribution in [0.3, 0.4) is 0 Å². The zero-order chi connectivity index (χ0) is 23.8. The molecule has 8 heteroatoms. The van der Waals surface area contributed by atoms with E-state index in [2.05, 4.69) is 10.0 Å². The van der Waals surface area contributed by atoms with Gasteiger partial charge in [0.05, 0.1) is 17.1 Å². The van der Waals surface area contributed by atoms with Gasteiger partial charge in [0.15, 0.2) is 0 Å². The molecule has 0 radical (unpaired) electrons. The summed E-state index contributed by atoms with van der Waals surface area (Å²) in [6.07, 6.45) is 0.686. The van der Waals surface area contributed by atoms with Gasteiger partial charge in [-0.3, -0.25) is 9.52 Å². The SMILES string of the molecule is CCOC(=O)c1ccc(NC(=O)CCc2ccc(S(=O)(=O)Nc3ccc(C)cc3)cc2)cc1. The van der Waals surface area contributed by atoms with Crippen LogP contribution in [-0.4, -0.2) is 26.9 Å². The number of hydrogen-bond donors (Lipinski definition) is 2. The Balaban J connectivity index is 1.53. The smallest absolute Gasteiger partial charge is 0.338 e. The van der Waals surface area contributed by atoms with Crippen LogP contribution in [0.5, 0.6) is 0 Å². The van der Waals surface area contributed by atoms with Crippen LogP contribution in [0.2, 0.25) is 0 Å². The topological polar surface area (TPSA) is 102 Å². The Morgan fingerprint density at radius 2 is 1.45 bits per heavy atom. The highest BCUT2D eigenvalue weighted by atomic mass is 32.2. The summed E-state index contributed by atoms with van der Waals surface area (Å²) in [6.45, 7) is 3.97. The molecule has 3 aromatic rings. The fourth-order valence-electron chi connectivity index (χ4n) is 3.06. The zero-order valence-corrected chi connectivity index (χ0v) is 19.3. The van der Waals surface area contributed by atoms with Crippen LogP contribution in [0.4, 0.5) is 11.4 Å². The molecule has 33 heavy (non-hydrogen) atoms. The number of anilines is 2. The molecule has 0 aromatic heterocycles. The molecule has 0 atom stereocenters. The Hall–Kier alpha value is -3.65. The highest BCUT2D eigenvalue weighted by Crippen LogP contribution is 2.18. The molecule has 0 fully saturated rings. The average Bonchev–Trinajstić information content (AvgIpc) is 2.80. The number of benzene rings is 3. The summed E-state index contributed by atoms with van der Waals surface area (Å²) in [4.78, 5) is 24.1. The van der Waals surface area contributed by atoms with E-state index in [0.717, 1.165) is 11.1 Å². The third kappa shape index (κ3) is 6.92. The van der Waals surface area contributed by atoms with Crippen LogP contribution in [0.15, 0.2) is 77.7 Å². The molecule has 0 aliphatic rings. The first-order valence-electron chi connectivity index (χ1n) is 10.5. The standard InChI is InChI=1S/C25H26N2O5S/c1-3-32-25(29)20-9-13-21(14-10-20)26-24(28)17-8-19-6-15-23(16-7-19)33(30,31)27-22-11-4-18(2)5-12-22/h4-7,9-16,27H,3,8,17H2,1-2H3,(H,26,28). The molecule has 1 amide bonds. The van der Waals surface area contributed by atoms with E-state index in [9.17, 15) is 18.0 Å². The van der Waals surface area contributed by atoms with Crippen LogP contribution in [-0.2, 0) is 26.0 Å².